The van der Waals surface area contributed by atoms with Crippen LogP contribution in [0.4, 0.5) is 5.69 Å². The molecule has 0 aliphatic heterocycles. The van der Waals surface area contributed by atoms with Gasteiger partial charge in [-0.3, -0.25) is 9.48 Å². The standard InChI is InChI=1S/C30H31N3O3/c1-21-10-12-25(13-11-21)19-33-23(3)30(22(2)32-33)31-29(34)17-15-24-14-16-28(35-4)26(18-24)20-36-27-8-6-5-7-9-27/h5-18H,19-20H2,1-4H3,(H,31,34)/b17-15+. The van der Waals surface area contributed by atoms with Crippen LogP contribution in [0.15, 0.2) is 78.9 Å². The van der Waals surface area contributed by atoms with Crippen LogP contribution in [0.2, 0.25) is 0 Å². The number of hydrogen-bond donors (Lipinski definition) is 1. The van der Waals surface area contributed by atoms with Crippen LogP contribution < -0.4 is 14.8 Å². The van der Waals surface area contributed by atoms with Crippen molar-refractivity contribution in [2.24, 2.45) is 0 Å². The van der Waals surface area contributed by atoms with Crippen molar-refractivity contribution in [1.29, 1.82) is 0 Å². The highest BCUT2D eigenvalue weighted by Crippen LogP contribution is 2.24. The third kappa shape index (κ3) is 6.21. The normalized spacial score (nSPS) is 11.0. The van der Waals surface area contributed by atoms with Gasteiger partial charge >= 0.3 is 0 Å². The van der Waals surface area contributed by atoms with Gasteiger partial charge in [0.15, 0.2) is 0 Å². The molecule has 6 nitrogen and oxygen atoms in total. The molecule has 0 bridgehead atoms. The Hall–Kier alpha value is -4.32. The molecule has 4 aromatic rings. The molecule has 184 valence electrons. The van der Waals surface area contributed by atoms with Gasteiger partial charge in [-0.1, -0.05) is 54.1 Å². The maximum Gasteiger partial charge on any atom is 0.248 e. The Morgan fingerprint density at radius 2 is 1.75 bits per heavy atom. The van der Waals surface area contributed by atoms with Gasteiger partial charge in [-0.15, -0.1) is 0 Å². The van der Waals surface area contributed by atoms with E-state index in [1.807, 2.05) is 67.1 Å². The molecule has 0 radical (unpaired) electrons. The summed E-state index contributed by atoms with van der Waals surface area (Å²) in [6, 6.07) is 23.8. The third-order valence-corrected chi connectivity index (χ3v) is 5.95. The van der Waals surface area contributed by atoms with Gasteiger partial charge in [0.2, 0.25) is 5.91 Å². The predicted octanol–water partition coefficient (Wildman–Crippen LogP) is 6.10. The maximum atomic E-state index is 12.7. The summed E-state index contributed by atoms with van der Waals surface area (Å²) in [6.07, 6.45) is 3.31. The van der Waals surface area contributed by atoms with Crippen molar-refractivity contribution in [2.45, 2.75) is 33.9 Å². The first-order chi connectivity index (χ1) is 17.4. The van der Waals surface area contributed by atoms with Gasteiger partial charge in [0.25, 0.3) is 0 Å². The van der Waals surface area contributed by atoms with Crippen LogP contribution in [0.5, 0.6) is 11.5 Å². The lowest BCUT2D eigenvalue weighted by Gasteiger charge is -2.11. The molecule has 36 heavy (non-hydrogen) atoms. The first kappa shape index (κ1) is 24.8. The average Bonchev–Trinajstić information content (AvgIpc) is 3.15. The van der Waals surface area contributed by atoms with E-state index in [1.54, 1.807) is 13.2 Å². The van der Waals surface area contributed by atoms with Gasteiger partial charge in [0.05, 0.1) is 30.7 Å². The molecule has 0 saturated carbocycles. The van der Waals surface area contributed by atoms with E-state index in [4.69, 9.17) is 9.47 Å². The zero-order chi connectivity index (χ0) is 25.5. The van der Waals surface area contributed by atoms with E-state index in [-0.39, 0.29) is 5.91 Å². The van der Waals surface area contributed by atoms with Crippen molar-refractivity contribution in [3.8, 4) is 11.5 Å². The Bertz CT molecular complexity index is 1360. The van der Waals surface area contributed by atoms with Gasteiger partial charge < -0.3 is 14.8 Å². The minimum absolute atomic E-state index is 0.214. The molecule has 4 rings (SSSR count). The summed E-state index contributed by atoms with van der Waals surface area (Å²) in [5.74, 6) is 1.31. The van der Waals surface area contributed by atoms with Crippen molar-refractivity contribution >= 4 is 17.7 Å². The van der Waals surface area contributed by atoms with Crippen LogP contribution in [0.3, 0.4) is 0 Å². The van der Waals surface area contributed by atoms with Gasteiger partial charge in [0, 0.05) is 11.6 Å². The molecule has 0 aliphatic rings. The van der Waals surface area contributed by atoms with Crippen LogP contribution in [0.25, 0.3) is 6.08 Å². The molecule has 1 heterocycles. The number of aryl methyl sites for hydroxylation is 2. The second kappa shape index (κ2) is 11.4. The SMILES string of the molecule is COc1ccc(/C=C/C(=O)Nc2c(C)nn(Cc3ccc(C)cc3)c2C)cc1COc1ccccc1. The highest BCUT2D eigenvalue weighted by Gasteiger charge is 2.13. The molecule has 1 amide bonds. The fourth-order valence-corrected chi connectivity index (χ4v) is 3.93. The number of rotatable bonds is 9. The summed E-state index contributed by atoms with van der Waals surface area (Å²) in [7, 11) is 1.63. The van der Waals surface area contributed by atoms with E-state index >= 15 is 0 Å². The largest absolute Gasteiger partial charge is 0.496 e. The van der Waals surface area contributed by atoms with Gasteiger partial charge in [-0.25, -0.2) is 0 Å². The summed E-state index contributed by atoms with van der Waals surface area (Å²) >= 11 is 0. The summed E-state index contributed by atoms with van der Waals surface area (Å²) in [5.41, 5.74) is 6.60. The molecule has 0 fully saturated rings. The van der Waals surface area contributed by atoms with Crippen LogP contribution >= 0.6 is 0 Å². The minimum Gasteiger partial charge on any atom is -0.496 e. The van der Waals surface area contributed by atoms with Crippen LogP contribution in [0, 0.1) is 20.8 Å². The number of aromatic nitrogens is 2. The molecular weight excluding hydrogens is 450 g/mol. The van der Waals surface area contributed by atoms with E-state index < -0.39 is 0 Å². The topological polar surface area (TPSA) is 65.4 Å². The number of carbonyl (C=O) groups excluding carboxylic acids is 1. The van der Waals surface area contributed by atoms with E-state index in [9.17, 15) is 4.79 Å². The summed E-state index contributed by atoms with van der Waals surface area (Å²) in [5, 5.41) is 7.61. The number of nitrogens with zero attached hydrogens (tertiary/aromatic N) is 2. The third-order valence-electron chi connectivity index (χ3n) is 5.95. The molecule has 3 aromatic carbocycles. The number of carbonyl (C=O) groups is 1. The summed E-state index contributed by atoms with van der Waals surface area (Å²) in [6.45, 7) is 6.95. The predicted molar refractivity (Wildman–Crippen MR) is 143 cm³/mol. The second-order valence-corrected chi connectivity index (χ2v) is 8.68. The molecule has 6 heteroatoms. The molecule has 1 aromatic heterocycles. The molecule has 0 saturated heterocycles. The average molecular weight is 482 g/mol. The number of methoxy groups -OCH3 is 1. The first-order valence-corrected chi connectivity index (χ1v) is 11.9. The fourth-order valence-electron chi connectivity index (χ4n) is 3.93. The van der Waals surface area contributed by atoms with Crippen molar-refractivity contribution in [1.82, 2.24) is 9.78 Å². The fraction of sp³-hybridized carbons (Fsp3) is 0.200. The van der Waals surface area contributed by atoms with Crippen LogP contribution in [-0.4, -0.2) is 22.8 Å². The van der Waals surface area contributed by atoms with E-state index in [0.29, 0.717) is 13.2 Å². The Balaban J connectivity index is 1.43. The number of anilines is 1. The smallest absolute Gasteiger partial charge is 0.248 e. The van der Waals surface area contributed by atoms with E-state index in [1.165, 1.54) is 11.6 Å². The van der Waals surface area contributed by atoms with Gasteiger partial charge in [-0.05, 0) is 62.2 Å². The van der Waals surface area contributed by atoms with Crippen LogP contribution in [-0.2, 0) is 17.9 Å². The first-order valence-electron chi connectivity index (χ1n) is 11.9. The number of ether oxygens (including phenoxy) is 2. The molecule has 0 aliphatic carbocycles. The Kier molecular flexibility index (Phi) is 7.85. The number of hydrogen-bond acceptors (Lipinski definition) is 4. The monoisotopic (exact) mass is 481 g/mol. The van der Waals surface area contributed by atoms with Crippen molar-refractivity contribution in [3.63, 3.8) is 0 Å². The molecule has 1 N–H and O–H groups in total. The number of amides is 1. The lowest BCUT2D eigenvalue weighted by Crippen LogP contribution is -2.10. The number of nitrogens with one attached hydrogen (secondary N) is 1. The highest BCUT2D eigenvalue weighted by molar-refractivity contribution is 6.02. The quantitative estimate of drug-likeness (QED) is 0.294. The Labute approximate surface area is 212 Å². The summed E-state index contributed by atoms with van der Waals surface area (Å²) in [4.78, 5) is 12.7. The van der Waals surface area contributed by atoms with Crippen LogP contribution in [0.1, 0.15) is 33.6 Å². The second-order valence-electron chi connectivity index (χ2n) is 8.68. The Morgan fingerprint density at radius 1 is 1.00 bits per heavy atom. The summed E-state index contributed by atoms with van der Waals surface area (Å²) < 4.78 is 13.3. The minimum atomic E-state index is -0.214. The van der Waals surface area contributed by atoms with Gasteiger partial charge in [-0.2, -0.15) is 5.10 Å². The highest BCUT2D eigenvalue weighted by atomic mass is 16.5. The number of benzene rings is 3. The molecule has 0 atom stereocenters. The zero-order valence-corrected chi connectivity index (χ0v) is 21.1. The number of para-hydroxylation sites is 1. The zero-order valence-electron chi connectivity index (χ0n) is 21.1. The van der Waals surface area contributed by atoms with Crippen molar-refractivity contribution in [2.75, 3.05) is 12.4 Å². The van der Waals surface area contributed by atoms with Gasteiger partial charge in [0.1, 0.15) is 18.1 Å². The maximum absolute atomic E-state index is 12.7. The lowest BCUT2D eigenvalue weighted by atomic mass is 10.1. The molecular formula is C30H31N3O3. The molecule has 0 unspecified atom stereocenters. The molecule has 0 spiro atoms. The Morgan fingerprint density at radius 3 is 2.47 bits per heavy atom. The lowest BCUT2D eigenvalue weighted by molar-refractivity contribution is -0.111. The van der Waals surface area contributed by atoms with E-state index in [2.05, 4.69) is 41.6 Å². The van der Waals surface area contributed by atoms with Crippen molar-refractivity contribution < 1.29 is 14.3 Å². The van der Waals surface area contributed by atoms with Crippen molar-refractivity contribution in [3.05, 3.63) is 113 Å². The van der Waals surface area contributed by atoms with E-state index in [0.717, 1.165) is 45.3 Å².